The molecule has 39 nitrogen and oxygen atoms in total. The number of H-pyrrole nitrogens is 2. The smallest absolute Gasteiger partial charge is 0.245 e. The number of carbonyl (C=O) groups is 14. The van der Waals surface area contributed by atoms with Crippen molar-refractivity contribution in [3.8, 4) is 5.75 Å². The molecule has 22 N–H and O–H groups in total. The third kappa shape index (κ3) is 27.0. The molecular formula is C76H97N23O16S. The summed E-state index contributed by atoms with van der Waals surface area (Å²) in [6, 6.07) is 9.53. The molecule has 618 valence electrons. The van der Waals surface area contributed by atoms with Gasteiger partial charge in [0, 0.05) is 89.2 Å². The molecule has 7 aromatic rings. The zero-order valence-electron chi connectivity index (χ0n) is 64.1. The first kappa shape index (κ1) is 88.3. The third-order valence-corrected chi connectivity index (χ3v) is 19.8. The van der Waals surface area contributed by atoms with Crippen LogP contribution in [0.2, 0.25) is 0 Å². The van der Waals surface area contributed by atoms with Gasteiger partial charge in [0.25, 0.3) is 0 Å². The molecule has 0 aliphatic carbocycles. The lowest BCUT2D eigenvalue weighted by Crippen LogP contribution is -2.61. The summed E-state index contributed by atoms with van der Waals surface area (Å²) in [6.45, 7) is 0.191. The number of benzene rings is 4. The van der Waals surface area contributed by atoms with E-state index in [2.05, 4.69) is 94.0 Å². The van der Waals surface area contributed by atoms with E-state index >= 15 is 14.4 Å². The van der Waals surface area contributed by atoms with Crippen LogP contribution in [0.15, 0.2) is 135 Å². The molecule has 4 heterocycles. The average molecular weight is 1620 g/mol. The van der Waals surface area contributed by atoms with Crippen LogP contribution in [0.4, 0.5) is 0 Å². The fourth-order valence-electron chi connectivity index (χ4n) is 12.5. The van der Waals surface area contributed by atoms with Crippen molar-refractivity contribution in [3.63, 3.8) is 0 Å². The monoisotopic (exact) mass is 1620 g/mol. The Morgan fingerprint density at radius 2 is 1.12 bits per heavy atom. The molecule has 0 spiro atoms. The fourth-order valence-corrected chi connectivity index (χ4v) is 13.3. The van der Waals surface area contributed by atoms with Crippen LogP contribution in [0.5, 0.6) is 5.75 Å². The number of amides is 14. The number of nitrogens with two attached hydrogens (primary N) is 2. The molecule has 11 unspecified atom stereocenters. The van der Waals surface area contributed by atoms with Gasteiger partial charge in [-0.2, -0.15) is 0 Å². The molecular weight excluding hydrogens is 1520 g/mol. The molecule has 116 heavy (non-hydrogen) atoms. The van der Waals surface area contributed by atoms with Gasteiger partial charge in [0.1, 0.15) is 72.2 Å². The van der Waals surface area contributed by atoms with Crippen LogP contribution in [0.1, 0.15) is 66.9 Å². The highest BCUT2D eigenvalue weighted by atomic mass is 32.2. The Labute approximate surface area is 670 Å². The Balaban J connectivity index is 1.16. The largest absolute Gasteiger partial charge is 0.508 e. The molecule has 0 radical (unpaired) electrons. The minimum atomic E-state index is -1.78. The highest BCUT2D eigenvalue weighted by Crippen LogP contribution is 2.22. The molecule has 0 bridgehead atoms. The summed E-state index contributed by atoms with van der Waals surface area (Å²) in [5.74, 6) is -14.8. The number of fused-ring (bicyclic) bond motifs is 1. The number of imidazole rings is 3. The number of aliphatic hydroxyl groups is 1. The number of guanidine groups is 1. The van der Waals surface area contributed by atoms with Gasteiger partial charge in [0.05, 0.1) is 55.8 Å². The lowest BCUT2D eigenvalue weighted by Gasteiger charge is -2.32. The molecule has 1 aliphatic rings. The molecule has 8 rings (SSSR count). The normalized spacial score (nSPS) is 22.3. The van der Waals surface area contributed by atoms with E-state index in [1.807, 2.05) is 24.3 Å². The molecule has 11 atom stereocenters. The number of nitrogens with zero attached hydrogens (tertiary/aromatic N) is 5. The Morgan fingerprint density at radius 3 is 1.73 bits per heavy atom. The number of primary amides is 1. The van der Waals surface area contributed by atoms with Crippen LogP contribution < -0.4 is 80.6 Å². The minimum absolute atomic E-state index is 0.0174. The van der Waals surface area contributed by atoms with E-state index in [1.165, 1.54) is 80.4 Å². The quantitative estimate of drug-likeness (QED) is 0.0183. The number of aromatic amines is 2. The van der Waals surface area contributed by atoms with E-state index in [-0.39, 0.29) is 81.5 Å². The summed E-state index contributed by atoms with van der Waals surface area (Å²) < 4.78 is 1.54. The second-order valence-corrected chi connectivity index (χ2v) is 28.5. The van der Waals surface area contributed by atoms with Crippen LogP contribution in [0, 0.1) is 5.41 Å². The van der Waals surface area contributed by atoms with Gasteiger partial charge in [-0.25, -0.2) is 15.0 Å². The van der Waals surface area contributed by atoms with E-state index in [9.17, 15) is 63.0 Å². The number of aliphatic hydroxyl groups excluding tert-OH is 1. The first-order valence-corrected chi connectivity index (χ1v) is 38.3. The van der Waals surface area contributed by atoms with E-state index < -0.39 is 186 Å². The number of rotatable bonds is 21. The highest BCUT2D eigenvalue weighted by molar-refractivity contribution is 8.00. The van der Waals surface area contributed by atoms with Crippen LogP contribution in [0.3, 0.4) is 0 Å². The standard InChI is InChI=1S/C76H97N23O16S/c1-5-52-67(107)93-55(27-46-17-11-16-45-15-9-10-18-51(45)46)70(110)94-56(28-47-31-80-39-86-47)65(105)85-35-63(103)90-59(36-100)73(113)88-42(2)75(115)99(4)61(26-44-20-22-50(101)23-21-44)74(114)96-57(29-48-32-81-40-87-48)71(111)92-53(19-12-24-83-76(78)79)68(108)95-58(30-49-33-82-41-98(49)3)72(112)97-60(66(106)84-34-62(77)102)37-116-38-64(104)89-54(69(109)91-52)25-43-13-7-6-8-14-43/h6-11,13-18,20-23,31-33,39-42,52-61,100-101H,5,12,19,24-30,34-38H2,1-4H3,(H2,77,102)(H,80,86)(H,81,87)(H,84,106)(H,85,105)(H,88,113)(H,89,104)(H,90,103)(H,91,109)(H,92,111)(H,93,107)(H,94,110)(H,95,108)(H,96,114)(H,97,112)(H4,78,79,83). The van der Waals surface area contributed by atoms with E-state index in [0.29, 0.717) is 27.8 Å². The Bertz CT molecular complexity index is 4580. The molecule has 40 heteroatoms. The maximum atomic E-state index is 15.1. The van der Waals surface area contributed by atoms with E-state index in [1.54, 1.807) is 62.5 Å². The van der Waals surface area contributed by atoms with Crippen molar-refractivity contribution in [1.29, 1.82) is 5.41 Å². The number of aryl methyl sites for hydroxylation is 1. The second-order valence-electron chi connectivity index (χ2n) is 27.5. The number of carbonyl (C=O) groups excluding carboxylic acids is 14. The molecule has 0 saturated carbocycles. The summed E-state index contributed by atoms with van der Waals surface area (Å²) in [5, 5.41) is 63.7. The first-order chi connectivity index (χ1) is 55.6. The number of hydrogen-bond donors (Lipinski definition) is 20. The number of thioether (sulfide) groups is 1. The van der Waals surface area contributed by atoms with Crippen LogP contribution in [0.25, 0.3) is 10.8 Å². The van der Waals surface area contributed by atoms with Crippen molar-refractivity contribution in [2.75, 3.05) is 44.8 Å². The highest BCUT2D eigenvalue weighted by Gasteiger charge is 2.39. The van der Waals surface area contributed by atoms with Gasteiger partial charge in [-0.05, 0) is 65.8 Å². The number of nitrogens with one attached hydrogen (secondary N) is 16. The number of hydrogen-bond acceptors (Lipinski definition) is 21. The lowest BCUT2D eigenvalue weighted by molar-refractivity contribution is -0.142. The number of phenols is 1. The van der Waals surface area contributed by atoms with Gasteiger partial charge in [-0.3, -0.25) is 72.5 Å². The molecule has 1 fully saturated rings. The van der Waals surface area contributed by atoms with Crippen molar-refractivity contribution in [3.05, 3.63) is 168 Å². The predicted octanol–water partition coefficient (Wildman–Crippen LogP) is -4.69. The van der Waals surface area contributed by atoms with Crippen molar-refractivity contribution < 1.29 is 77.3 Å². The predicted molar refractivity (Wildman–Crippen MR) is 422 cm³/mol. The molecule has 4 aromatic carbocycles. The molecule has 1 saturated heterocycles. The third-order valence-electron chi connectivity index (χ3n) is 18.8. The number of likely N-dealkylation sites (N-methyl/N-ethyl adjacent to an activating group) is 1. The van der Waals surface area contributed by atoms with E-state index in [4.69, 9.17) is 16.9 Å². The summed E-state index contributed by atoms with van der Waals surface area (Å²) in [4.78, 5) is 221. The number of aromatic hydroxyl groups is 1. The molecule has 3 aromatic heterocycles. The minimum Gasteiger partial charge on any atom is -0.508 e. The Morgan fingerprint density at radius 1 is 0.578 bits per heavy atom. The van der Waals surface area contributed by atoms with Gasteiger partial charge in [-0.1, -0.05) is 91.9 Å². The fraction of sp³-hybridized carbons (Fsp3) is 0.395. The van der Waals surface area contributed by atoms with Crippen molar-refractivity contribution in [1.82, 2.24) is 104 Å². The first-order valence-electron chi connectivity index (χ1n) is 37.1. The number of phenolic OH excluding ortho intramolecular Hbond substituents is 1. The maximum absolute atomic E-state index is 15.1. The Kier molecular flexibility index (Phi) is 33.2. The van der Waals surface area contributed by atoms with Crippen LogP contribution in [-0.2, 0) is 113 Å². The second kappa shape index (κ2) is 43.7. The zero-order chi connectivity index (χ0) is 84.0. The maximum Gasteiger partial charge on any atom is 0.245 e. The van der Waals surface area contributed by atoms with Gasteiger partial charge in [0.15, 0.2) is 5.96 Å². The zero-order valence-corrected chi connectivity index (χ0v) is 64.9. The summed E-state index contributed by atoms with van der Waals surface area (Å²) in [7, 11) is 2.83. The van der Waals surface area contributed by atoms with Crippen molar-refractivity contribution in [2.24, 2.45) is 18.5 Å². The van der Waals surface area contributed by atoms with Gasteiger partial charge in [0.2, 0.25) is 82.7 Å². The molecule has 14 amide bonds. The summed E-state index contributed by atoms with van der Waals surface area (Å²) in [5.41, 5.74) is 13.4. The van der Waals surface area contributed by atoms with Crippen LogP contribution >= 0.6 is 11.8 Å². The van der Waals surface area contributed by atoms with Crippen molar-refractivity contribution in [2.45, 2.75) is 138 Å². The summed E-state index contributed by atoms with van der Waals surface area (Å²) >= 11 is 0.804. The number of aromatic nitrogens is 6. The van der Waals surface area contributed by atoms with Crippen molar-refractivity contribution >= 4 is 111 Å². The van der Waals surface area contributed by atoms with Gasteiger partial charge in [-0.15, -0.1) is 11.8 Å². The molecule has 1 aliphatic heterocycles. The SMILES string of the molecule is CCC1NC(=O)C(Cc2ccccc2)NC(=O)CSCC(C(=O)NCC(N)=O)NC(=O)C(Cc2cncn2C)NC(=O)C(CCCNC(=N)N)NC(=O)C(Cc2c[nH]cn2)NC(=O)C(Cc2ccc(O)cc2)N(C)C(=O)C(C)NC(=O)C(CO)NC(=O)CNC(=O)C(Cc2c[nH]cn2)NC(=O)C(Cc2cccc3ccccc23)NC1=O. The topological polar surface area (TPSA) is 590 Å². The average Bonchev–Trinajstić information content (AvgIpc) is 1.23. The summed E-state index contributed by atoms with van der Waals surface area (Å²) in [6.07, 6.45) is 6.42. The Hall–Kier alpha value is -13.3. The van der Waals surface area contributed by atoms with Gasteiger partial charge < -0.3 is 110 Å². The van der Waals surface area contributed by atoms with Gasteiger partial charge >= 0.3 is 0 Å². The van der Waals surface area contributed by atoms with Crippen LogP contribution in [-0.4, -0.2) is 245 Å². The lowest BCUT2D eigenvalue weighted by atomic mass is 9.97. The van der Waals surface area contributed by atoms with E-state index in [0.717, 1.165) is 22.0 Å².